The smallest absolute Gasteiger partial charge is 0.0339 e. The van der Waals surface area contributed by atoms with Crippen LogP contribution in [0.3, 0.4) is 0 Å². The number of hydrogen-bond donors (Lipinski definition) is 1. The molecule has 2 saturated carbocycles. The van der Waals surface area contributed by atoms with Gasteiger partial charge in [-0.1, -0.05) is 40.5 Å². The molecule has 4 unspecified atom stereocenters. The van der Waals surface area contributed by atoms with Crippen LogP contribution in [0.1, 0.15) is 72.6 Å². The minimum Gasteiger partial charge on any atom is -0.329 e. The minimum absolute atomic E-state index is 0.239. The van der Waals surface area contributed by atoms with Crippen molar-refractivity contribution in [2.75, 3.05) is 13.6 Å². The van der Waals surface area contributed by atoms with Gasteiger partial charge < -0.3 is 5.73 Å². The number of nitrogens with two attached hydrogens (primary N) is 1. The van der Waals surface area contributed by atoms with E-state index in [4.69, 9.17) is 5.73 Å². The number of hydrogen-bond acceptors (Lipinski definition) is 2. The summed E-state index contributed by atoms with van der Waals surface area (Å²) >= 11 is 0. The van der Waals surface area contributed by atoms with Gasteiger partial charge in [0, 0.05) is 18.1 Å². The van der Waals surface area contributed by atoms with Crippen molar-refractivity contribution in [1.29, 1.82) is 0 Å². The molecule has 0 radical (unpaired) electrons. The topological polar surface area (TPSA) is 29.3 Å². The summed E-state index contributed by atoms with van der Waals surface area (Å²) < 4.78 is 0. The summed E-state index contributed by atoms with van der Waals surface area (Å²) in [5.41, 5.74) is 7.00. The van der Waals surface area contributed by atoms with Crippen molar-refractivity contribution in [3.8, 4) is 0 Å². The third kappa shape index (κ3) is 3.39. The summed E-state index contributed by atoms with van der Waals surface area (Å²) in [5.74, 6) is 1.69. The molecule has 0 aromatic rings. The molecule has 4 atom stereocenters. The van der Waals surface area contributed by atoms with Crippen molar-refractivity contribution in [2.45, 2.75) is 84.2 Å². The average Bonchev–Trinajstić information content (AvgIpc) is 2.35. The van der Waals surface area contributed by atoms with Crippen LogP contribution in [0, 0.1) is 17.3 Å². The SMILES string of the molecule is CC1CCCC(N(C)C2(CN)CC(C)CC(C)(C)C2)C1. The zero-order valence-electron chi connectivity index (χ0n) is 14.4. The summed E-state index contributed by atoms with van der Waals surface area (Å²) in [4.78, 5) is 2.71. The van der Waals surface area contributed by atoms with Crippen LogP contribution in [0.25, 0.3) is 0 Å². The van der Waals surface area contributed by atoms with Crippen LogP contribution >= 0.6 is 0 Å². The Bertz CT molecular complexity index is 325. The van der Waals surface area contributed by atoms with E-state index in [1.165, 1.54) is 44.9 Å². The van der Waals surface area contributed by atoms with Crippen molar-refractivity contribution < 1.29 is 0 Å². The third-order valence-corrected chi connectivity index (χ3v) is 6.02. The molecule has 2 fully saturated rings. The lowest BCUT2D eigenvalue weighted by Gasteiger charge is -2.55. The molecule has 0 spiro atoms. The van der Waals surface area contributed by atoms with Crippen molar-refractivity contribution in [2.24, 2.45) is 23.0 Å². The van der Waals surface area contributed by atoms with Crippen LogP contribution in [0.15, 0.2) is 0 Å². The number of likely N-dealkylation sites (N-methyl/N-ethyl adjacent to an activating group) is 1. The maximum absolute atomic E-state index is 6.32. The molecule has 0 bridgehead atoms. The summed E-state index contributed by atoms with van der Waals surface area (Å²) in [6, 6.07) is 0.753. The Hall–Kier alpha value is -0.0800. The molecule has 0 aliphatic heterocycles. The van der Waals surface area contributed by atoms with E-state index in [1.807, 2.05) is 0 Å². The molecule has 0 saturated heterocycles. The first-order valence-electron chi connectivity index (χ1n) is 8.71. The molecule has 2 heteroatoms. The zero-order chi connectivity index (χ0) is 15.0. The van der Waals surface area contributed by atoms with E-state index in [9.17, 15) is 0 Å². The molecule has 2 N–H and O–H groups in total. The Balaban J connectivity index is 2.16. The predicted octanol–water partition coefficient (Wildman–Crippen LogP) is 4.04. The van der Waals surface area contributed by atoms with Crippen LogP contribution < -0.4 is 5.73 Å². The second kappa shape index (κ2) is 5.96. The molecule has 2 aliphatic carbocycles. The maximum Gasteiger partial charge on any atom is 0.0339 e. The van der Waals surface area contributed by atoms with Gasteiger partial charge in [-0.25, -0.2) is 0 Å². The van der Waals surface area contributed by atoms with Crippen LogP contribution in [0.4, 0.5) is 0 Å². The van der Waals surface area contributed by atoms with E-state index < -0.39 is 0 Å². The van der Waals surface area contributed by atoms with Gasteiger partial charge in [-0.15, -0.1) is 0 Å². The number of nitrogens with zero attached hydrogens (tertiary/aromatic N) is 1. The quantitative estimate of drug-likeness (QED) is 0.845. The summed E-state index contributed by atoms with van der Waals surface area (Å²) in [6.07, 6.45) is 9.46. The molecule has 2 rings (SSSR count). The van der Waals surface area contributed by atoms with Gasteiger partial charge in [0.2, 0.25) is 0 Å². The third-order valence-electron chi connectivity index (χ3n) is 6.02. The second-order valence-corrected chi connectivity index (χ2v) is 8.82. The Morgan fingerprint density at radius 1 is 1.10 bits per heavy atom. The maximum atomic E-state index is 6.32. The summed E-state index contributed by atoms with van der Waals surface area (Å²) in [7, 11) is 2.36. The minimum atomic E-state index is 0.239. The molecular formula is C18H36N2. The van der Waals surface area contributed by atoms with Gasteiger partial charge in [0.1, 0.15) is 0 Å². The van der Waals surface area contributed by atoms with Crippen molar-refractivity contribution >= 4 is 0 Å². The molecule has 0 aromatic heterocycles. The number of rotatable bonds is 3. The van der Waals surface area contributed by atoms with Gasteiger partial charge in [0.25, 0.3) is 0 Å². The largest absolute Gasteiger partial charge is 0.329 e. The molecule has 0 heterocycles. The first-order chi connectivity index (χ1) is 9.28. The van der Waals surface area contributed by atoms with Crippen LogP contribution in [-0.2, 0) is 0 Å². The monoisotopic (exact) mass is 280 g/mol. The highest BCUT2D eigenvalue weighted by atomic mass is 15.2. The van der Waals surface area contributed by atoms with Crippen molar-refractivity contribution in [1.82, 2.24) is 4.90 Å². The normalized spacial score (nSPS) is 41.9. The van der Waals surface area contributed by atoms with Gasteiger partial charge in [-0.05, 0) is 56.4 Å². The highest BCUT2D eigenvalue weighted by Gasteiger charge is 2.46. The zero-order valence-corrected chi connectivity index (χ0v) is 14.4. The summed E-state index contributed by atoms with van der Waals surface area (Å²) in [6.45, 7) is 10.5. The predicted molar refractivity (Wildman–Crippen MR) is 87.8 cm³/mol. The van der Waals surface area contributed by atoms with E-state index in [1.54, 1.807) is 0 Å². The van der Waals surface area contributed by atoms with E-state index >= 15 is 0 Å². The Labute approximate surface area is 126 Å². The van der Waals surface area contributed by atoms with Crippen LogP contribution in [-0.4, -0.2) is 30.1 Å². The van der Waals surface area contributed by atoms with E-state index in [0.717, 1.165) is 24.4 Å². The van der Waals surface area contributed by atoms with Crippen LogP contribution in [0.5, 0.6) is 0 Å². The standard InChI is InChI=1S/C18H36N2/c1-14-7-6-8-16(9-14)20(5)18(13-19)11-15(2)10-17(3,4)12-18/h14-16H,6-13,19H2,1-5H3. The average molecular weight is 280 g/mol. The van der Waals surface area contributed by atoms with Crippen molar-refractivity contribution in [3.05, 3.63) is 0 Å². The molecule has 2 nitrogen and oxygen atoms in total. The highest BCUT2D eigenvalue weighted by molar-refractivity contribution is 5.02. The van der Waals surface area contributed by atoms with E-state index in [0.29, 0.717) is 5.41 Å². The lowest BCUT2D eigenvalue weighted by atomic mass is 9.63. The molecule has 0 aromatic carbocycles. The fourth-order valence-corrected chi connectivity index (χ4v) is 5.41. The van der Waals surface area contributed by atoms with Gasteiger partial charge in [0.05, 0.1) is 0 Å². The Morgan fingerprint density at radius 2 is 1.80 bits per heavy atom. The van der Waals surface area contributed by atoms with Crippen molar-refractivity contribution in [3.63, 3.8) is 0 Å². The van der Waals surface area contributed by atoms with Gasteiger partial charge >= 0.3 is 0 Å². The Kier molecular flexibility index (Phi) is 4.86. The van der Waals surface area contributed by atoms with E-state index in [-0.39, 0.29) is 5.54 Å². The second-order valence-electron chi connectivity index (χ2n) is 8.82. The highest BCUT2D eigenvalue weighted by Crippen LogP contribution is 2.47. The lowest BCUT2D eigenvalue weighted by Crippen LogP contribution is -2.61. The first kappa shape index (κ1) is 16.3. The molecule has 118 valence electrons. The Morgan fingerprint density at radius 3 is 2.35 bits per heavy atom. The van der Waals surface area contributed by atoms with Crippen LogP contribution in [0.2, 0.25) is 0 Å². The fourth-order valence-electron chi connectivity index (χ4n) is 5.41. The van der Waals surface area contributed by atoms with E-state index in [2.05, 4.69) is 39.6 Å². The first-order valence-corrected chi connectivity index (χ1v) is 8.71. The lowest BCUT2D eigenvalue weighted by molar-refractivity contribution is -0.0318. The molecule has 0 amide bonds. The van der Waals surface area contributed by atoms with Gasteiger partial charge in [-0.2, -0.15) is 0 Å². The molecule has 20 heavy (non-hydrogen) atoms. The molecular weight excluding hydrogens is 244 g/mol. The summed E-state index contributed by atoms with van der Waals surface area (Å²) in [5, 5.41) is 0. The fraction of sp³-hybridized carbons (Fsp3) is 1.00. The molecule has 2 aliphatic rings. The van der Waals surface area contributed by atoms with Gasteiger partial charge in [-0.3, -0.25) is 4.90 Å². The van der Waals surface area contributed by atoms with Gasteiger partial charge in [0.15, 0.2) is 0 Å².